The van der Waals surface area contributed by atoms with E-state index in [1.807, 2.05) is 6.07 Å². The van der Waals surface area contributed by atoms with Crippen molar-refractivity contribution in [2.75, 3.05) is 7.05 Å². The number of amides is 1. The number of rotatable bonds is 4. The predicted molar refractivity (Wildman–Crippen MR) is 74.9 cm³/mol. The topological polar surface area (TPSA) is 87.2 Å². The molecule has 1 amide bonds. The second-order valence-electron chi connectivity index (χ2n) is 4.17. The van der Waals surface area contributed by atoms with Crippen LogP contribution in [-0.2, 0) is 0 Å². The molecule has 1 rings (SSSR count). The summed E-state index contributed by atoms with van der Waals surface area (Å²) < 4.78 is 0. The number of nitro groups is 1. The van der Waals surface area contributed by atoms with Gasteiger partial charge in [0, 0.05) is 25.2 Å². The first kappa shape index (κ1) is 16.2. The zero-order valence-corrected chi connectivity index (χ0v) is 12.3. The second-order valence-corrected chi connectivity index (χ2v) is 4.96. The number of nitrogens with zero attached hydrogens (tertiary/aromatic N) is 3. The van der Waals surface area contributed by atoms with Crippen LogP contribution in [0.3, 0.4) is 0 Å². The lowest BCUT2D eigenvalue weighted by molar-refractivity contribution is -0.384. The Bertz CT molecular complexity index is 598. The summed E-state index contributed by atoms with van der Waals surface area (Å²) in [6, 6.07) is 3.76. The fourth-order valence-corrected chi connectivity index (χ4v) is 1.90. The summed E-state index contributed by atoms with van der Waals surface area (Å²) in [6.07, 6.45) is 0.141. The normalized spacial score (nSPS) is 11.6. The molecular weight excluding hydrogens is 305 g/mol. The Morgan fingerprint density at radius 3 is 2.65 bits per heavy atom. The van der Waals surface area contributed by atoms with Crippen LogP contribution in [0.1, 0.15) is 23.7 Å². The van der Waals surface area contributed by atoms with Crippen molar-refractivity contribution in [2.45, 2.75) is 19.4 Å². The lowest BCUT2D eigenvalue weighted by Gasteiger charge is -2.23. The van der Waals surface area contributed by atoms with Crippen molar-refractivity contribution in [2.24, 2.45) is 0 Å². The molecule has 0 spiro atoms. The van der Waals surface area contributed by atoms with E-state index in [4.69, 9.17) is 28.5 Å². The molecule has 0 bridgehead atoms. The van der Waals surface area contributed by atoms with Gasteiger partial charge in [0.05, 0.1) is 33.0 Å². The SMILES string of the molecule is CC(CC#N)N(C)C(=O)c1cc([N+](=O)[O-])cc(Cl)c1Cl. The maximum Gasteiger partial charge on any atom is 0.271 e. The largest absolute Gasteiger partial charge is 0.338 e. The molecule has 0 radical (unpaired) electrons. The molecule has 0 saturated carbocycles. The van der Waals surface area contributed by atoms with Crippen molar-refractivity contribution in [3.05, 3.63) is 37.9 Å². The molecule has 0 saturated heterocycles. The maximum absolute atomic E-state index is 12.3. The molecular formula is C12H11Cl2N3O3. The Morgan fingerprint density at radius 2 is 2.15 bits per heavy atom. The van der Waals surface area contributed by atoms with Gasteiger partial charge in [-0.05, 0) is 6.92 Å². The van der Waals surface area contributed by atoms with Crippen LogP contribution < -0.4 is 0 Å². The van der Waals surface area contributed by atoms with Gasteiger partial charge < -0.3 is 4.90 Å². The summed E-state index contributed by atoms with van der Waals surface area (Å²) in [5.74, 6) is -0.525. The highest BCUT2D eigenvalue weighted by molar-refractivity contribution is 6.44. The summed E-state index contributed by atoms with van der Waals surface area (Å²) in [5.41, 5.74) is -0.373. The van der Waals surface area contributed by atoms with E-state index >= 15 is 0 Å². The number of halogens is 2. The average molecular weight is 316 g/mol. The van der Waals surface area contributed by atoms with Crippen molar-refractivity contribution in [3.8, 4) is 6.07 Å². The highest BCUT2D eigenvalue weighted by atomic mass is 35.5. The van der Waals surface area contributed by atoms with Crippen LogP contribution in [0, 0.1) is 21.4 Å². The molecule has 106 valence electrons. The third-order valence-corrected chi connectivity index (χ3v) is 3.62. The van der Waals surface area contributed by atoms with Crippen LogP contribution in [0.2, 0.25) is 10.0 Å². The lowest BCUT2D eigenvalue weighted by atomic mass is 10.1. The van der Waals surface area contributed by atoms with Gasteiger partial charge in [-0.25, -0.2) is 0 Å². The molecule has 1 unspecified atom stereocenters. The number of nitro benzene ring substituents is 1. The first-order chi connectivity index (χ1) is 9.29. The molecule has 20 heavy (non-hydrogen) atoms. The third-order valence-electron chi connectivity index (χ3n) is 2.82. The quantitative estimate of drug-likeness (QED) is 0.630. The van der Waals surface area contributed by atoms with E-state index in [0.717, 1.165) is 12.1 Å². The second kappa shape index (κ2) is 6.55. The van der Waals surface area contributed by atoms with Crippen LogP contribution in [0.15, 0.2) is 12.1 Å². The Balaban J connectivity index is 3.22. The molecule has 0 aliphatic rings. The minimum atomic E-state index is -0.655. The first-order valence-corrected chi connectivity index (χ1v) is 6.32. The number of non-ortho nitro benzene ring substituents is 1. The van der Waals surface area contributed by atoms with Gasteiger partial charge in [-0.1, -0.05) is 23.2 Å². The molecule has 1 aromatic carbocycles. The Kier molecular flexibility index (Phi) is 5.31. The summed E-state index contributed by atoms with van der Waals surface area (Å²) in [4.78, 5) is 23.7. The van der Waals surface area contributed by atoms with E-state index < -0.39 is 10.8 Å². The Labute approximate surface area is 125 Å². The number of carbonyl (C=O) groups excluding carboxylic acids is 1. The highest BCUT2D eigenvalue weighted by Gasteiger charge is 2.24. The number of hydrogen-bond acceptors (Lipinski definition) is 4. The molecule has 0 aliphatic heterocycles. The molecule has 1 atom stereocenters. The van der Waals surface area contributed by atoms with Crippen LogP contribution >= 0.6 is 23.2 Å². The van der Waals surface area contributed by atoms with E-state index in [1.54, 1.807) is 6.92 Å². The zero-order valence-electron chi connectivity index (χ0n) is 10.8. The monoisotopic (exact) mass is 315 g/mol. The molecule has 0 N–H and O–H groups in total. The Hall–Kier alpha value is -1.84. The van der Waals surface area contributed by atoms with Gasteiger partial charge >= 0.3 is 0 Å². The van der Waals surface area contributed by atoms with Gasteiger partial charge in [-0.15, -0.1) is 0 Å². The fraction of sp³-hybridized carbons (Fsp3) is 0.333. The molecule has 1 aromatic rings. The van der Waals surface area contributed by atoms with Gasteiger partial charge in [-0.2, -0.15) is 5.26 Å². The van der Waals surface area contributed by atoms with Gasteiger partial charge in [0.1, 0.15) is 0 Å². The number of benzene rings is 1. The van der Waals surface area contributed by atoms with Gasteiger partial charge in [0.25, 0.3) is 11.6 Å². The summed E-state index contributed by atoms with van der Waals surface area (Å²) >= 11 is 11.7. The summed E-state index contributed by atoms with van der Waals surface area (Å²) in [6.45, 7) is 1.69. The van der Waals surface area contributed by atoms with Gasteiger partial charge in [0.15, 0.2) is 0 Å². The number of nitriles is 1. The lowest BCUT2D eigenvalue weighted by Crippen LogP contribution is -2.35. The molecule has 0 fully saturated rings. The van der Waals surface area contributed by atoms with Crippen molar-refractivity contribution in [3.63, 3.8) is 0 Å². The number of carbonyl (C=O) groups is 1. The summed E-state index contributed by atoms with van der Waals surface area (Å²) in [7, 11) is 1.49. The van der Waals surface area contributed by atoms with Crippen LogP contribution in [0.4, 0.5) is 5.69 Å². The van der Waals surface area contributed by atoms with E-state index in [2.05, 4.69) is 0 Å². The van der Waals surface area contributed by atoms with Crippen molar-refractivity contribution >= 4 is 34.8 Å². The van der Waals surface area contributed by atoms with Crippen molar-refractivity contribution in [1.29, 1.82) is 5.26 Å². The van der Waals surface area contributed by atoms with Crippen LogP contribution in [-0.4, -0.2) is 28.8 Å². The molecule has 0 aliphatic carbocycles. The molecule has 8 heteroatoms. The van der Waals surface area contributed by atoms with E-state index in [9.17, 15) is 14.9 Å². The molecule has 6 nitrogen and oxygen atoms in total. The van der Waals surface area contributed by atoms with E-state index in [1.165, 1.54) is 11.9 Å². The molecule has 0 aromatic heterocycles. The van der Waals surface area contributed by atoms with Crippen molar-refractivity contribution in [1.82, 2.24) is 4.90 Å². The minimum Gasteiger partial charge on any atom is -0.338 e. The first-order valence-electron chi connectivity index (χ1n) is 5.57. The average Bonchev–Trinajstić information content (AvgIpc) is 2.40. The van der Waals surface area contributed by atoms with Gasteiger partial charge in [-0.3, -0.25) is 14.9 Å². The minimum absolute atomic E-state index is 0.0433. The van der Waals surface area contributed by atoms with E-state index in [-0.39, 0.29) is 33.8 Å². The maximum atomic E-state index is 12.3. The van der Waals surface area contributed by atoms with E-state index in [0.29, 0.717) is 0 Å². The number of hydrogen-bond donors (Lipinski definition) is 0. The van der Waals surface area contributed by atoms with Gasteiger partial charge in [0.2, 0.25) is 0 Å². The van der Waals surface area contributed by atoms with Crippen LogP contribution in [0.5, 0.6) is 0 Å². The molecule has 0 heterocycles. The fourth-order valence-electron chi connectivity index (χ4n) is 1.49. The standard InChI is InChI=1S/C12H11Cl2N3O3/c1-7(3-4-15)16(2)12(18)9-5-8(17(19)20)6-10(13)11(9)14/h5-7H,3H2,1-2H3. The smallest absolute Gasteiger partial charge is 0.271 e. The predicted octanol–water partition coefficient (Wildman–Crippen LogP) is 3.28. The van der Waals surface area contributed by atoms with Crippen molar-refractivity contribution < 1.29 is 9.72 Å². The van der Waals surface area contributed by atoms with Crippen LogP contribution in [0.25, 0.3) is 0 Å². The highest BCUT2D eigenvalue weighted by Crippen LogP contribution is 2.31. The zero-order chi connectivity index (χ0) is 15.4. The third kappa shape index (κ3) is 3.38. The summed E-state index contributed by atoms with van der Waals surface area (Å²) in [5, 5.41) is 19.3. The Morgan fingerprint density at radius 1 is 1.55 bits per heavy atom.